The first kappa shape index (κ1) is 52.6. The third-order valence-corrected chi connectivity index (χ3v) is 9.61. The lowest BCUT2D eigenvalue weighted by Crippen LogP contribution is -2.21. The van der Waals surface area contributed by atoms with Gasteiger partial charge < -0.3 is 39.9 Å². The van der Waals surface area contributed by atoms with E-state index in [1.807, 2.05) is 0 Å². The summed E-state index contributed by atoms with van der Waals surface area (Å²) in [4.78, 5) is 25.5. The molecule has 0 bridgehead atoms. The molecule has 0 fully saturated rings. The van der Waals surface area contributed by atoms with Crippen LogP contribution in [0.2, 0.25) is 0 Å². The number of rotatable bonds is 23. The van der Waals surface area contributed by atoms with E-state index in [0.717, 1.165) is 36.4 Å². The Morgan fingerprint density at radius 2 is 0.884 bits per heavy atom. The Morgan fingerprint density at radius 3 is 1.25 bits per heavy atom. The Balaban J connectivity index is 1.10. The first-order chi connectivity index (χ1) is 32.5. The number of alkyl halides is 10. The van der Waals surface area contributed by atoms with Gasteiger partial charge in [0, 0.05) is 36.4 Å². The van der Waals surface area contributed by atoms with Crippen LogP contribution in [0.15, 0.2) is 127 Å². The fraction of sp³-hybridized carbons (Fsp3) is 0.265. The molecule has 0 aliphatic rings. The maximum Gasteiger partial charge on any atom is 0.426 e. The fourth-order valence-electron chi connectivity index (χ4n) is 6.11. The van der Waals surface area contributed by atoms with Crippen molar-refractivity contribution in [2.45, 2.75) is 56.2 Å². The van der Waals surface area contributed by atoms with Crippen molar-refractivity contribution in [1.29, 1.82) is 0 Å². The smallest absolute Gasteiger partial charge is 0.426 e. The van der Waals surface area contributed by atoms with Crippen LogP contribution in [0.25, 0.3) is 12.2 Å². The zero-order valence-electron chi connectivity index (χ0n) is 36.2. The number of benzene rings is 5. The molecular formula is C49H44F10N2O8. The first-order valence-electron chi connectivity index (χ1n) is 20.8. The van der Waals surface area contributed by atoms with Gasteiger partial charge in [0.15, 0.2) is 0 Å². The second-order valence-corrected chi connectivity index (χ2v) is 15.1. The van der Waals surface area contributed by atoms with Crippen molar-refractivity contribution in [1.82, 2.24) is 0 Å². The van der Waals surface area contributed by atoms with E-state index in [1.54, 1.807) is 12.1 Å². The van der Waals surface area contributed by atoms with Crippen molar-refractivity contribution < 1.29 is 81.9 Å². The van der Waals surface area contributed by atoms with Crippen molar-refractivity contribution in [3.63, 3.8) is 0 Å². The first-order valence-corrected chi connectivity index (χ1v) is 20.8. The molecule has 10 nitrogen and oxygen atoms in total. The largest absolute Gasteiger partial charge is 0.494 e. The average molecular weight is 979 g/mol. The zero-order chi connectivity index (χ0) is 50.2. The van der Waals surface area contributed by atoms with Gasteiger partial charge >= 0.3 is 36.5 Å². The molecule has 0 unspecified atom stereocenters. The number of halogens is 10. The number of carbonyl (C=O) groups is 2. The highest BCUT2D eigenvalue weighted by atomic mass is 19.4. The van der Waals surface area contributed by atoms with E-state index in [2.05, 4.69) is 0 Å². The van der Waals surface area contributed by atoms with E-state index < -0.39 is 66.4 Å². The van der Waals surface area contributed by atoms with Crippen LogP contribution >= 0.6 is 0 Å². The highest BCUT2D eigenvalue weighted by Gasteiger charge is 2.36. The third kappa shape index (κ3) is 18.0. The molecule has 4 N–H and O–H groups in total. The van der Waals surface area contributed by atoms with Crippen LogP contribution in [0.1, 0.15) is 59.4 Å². The zero-order valence-corrected chi connectivity index (χ0v) is 36.2. The Morgan fingerprint density at radius 1 is 0.507 bits per heavy atom. The van der Waals surface area contributed by atoms with Crippen molar-refractivity contribution in [2.75, 3.05) is 37.9 Å². The number of nitrogens with two attached hydrogens (primary N) is 2. The molecule has 0 spiro atoms. The molecule has 20 heteroatoms. The molecule has 0 atom stereocenters. The van der Waals surface area contributed by atoms with Crippen LogP contribution in [0.5, 0.6) is 23.0 Å². The van der Waals surface area contributed by atoms with Gasteiger partial charge in [0.05, 0.1) is 30.3 Å². The van der Waals surface area contributed by atoms with Gasteiger partial charge in [-0.3, -0.25) is 0 Å². The highest BCUT2D eigenvalue weighted by molar-refractivity contribution is 5.87. The number of hydrogen-bond acceptors (Lipinski definition) is 10. The van der Waals surface area contributed by atoms with Gasteiger partial charge in [-0.1, -0.05) is 30.3 Å². The molecule has 69 heavy (non-hydrogen) atoms. The maximum absolute atomic E-state index is 15.0. The predicted molar refractivity (Wildman–Crippen MR) is 234 cm³/mol. The van der Waals surface area contributed by atoms with Crippen molar-refractivity contribution >= 4 is 35.5 Å². The second-order valence-electron chi connectivity index (χ2n) is 15.1. The summed E-state index contributed by atoms with van der Waals surface area (Å²) < 4.78 is 165. The number of hydrogen-bond donors (Lipinski definition) is 2. The van der Waals surface area contributed by atoms with Crippen molar-refractivity contribution in [3.8, 4) is 23.0 Å². The Bertz CT molecular complexity index is 2350. The highest BCUT2D eigenvalue weighted by Crippen LogP contribution is 2.35. The minimum atomic E-state index is -4.32. The fourth-order valence-corrected chi connectivity index (χ4v) is 6.11. The molecule has 0 aliphatic carbocycles. The Labute approximate surface area is 389 Å². The number of esters is 2. The molecule has 0 amide bonds. The van der Waals surface area contributed by atoms with Gasteiger partial charge in [-0.2, -0.15) is 43.9 Å². The van der Waals surface area contributed by atoms with Gasteiger partial charge in [-0.15, -0.1) is 0 Å². The number of nitrogen functional groups attached to an aromatic ring is 2. The van der Waals surface area contributed by atoms with Crippen LogP contribution in [-0.2, 0) is 31.3 Å². The SMILES string of the molecule is Nc1ccc(C(COC(=O)C=Cc2ccc(C(F)(F)Oc3ccc(OCCCC(F)(F)F)cc3)cc2)COC(=O)C=Cc2ccc(C(F)(F)Oc3ccc(OCCCC(F)(F)F)cc3)cc2)c(N)c1. The summed E-state index contributed by atoms with van der Waals surface area (Å²) in [6, 6.07) is 24.0. The van der Waals surface area contributed by atoms with E-state index in [9.17, 15) is 53.5 Å². The topological polar surface area (TPSA) is 142 Å². The second kappa shape index (κ2) is 23.6. The summed E-state index contributed by atoms with van der Waals surface area (Å²) >= 11 is 0. The standard InChI is InChI=1S/C49H44F10N2O8/c50-46(51,52)25-1-27-64-38-14-18-40(19-15-38)68-48(56,57)35-9-3-32(4-10-35)7-23-44(62)66-30-34(42-22-13-37(60)29-43(42)61)31-67-45(63)24-8-33-5-11-36(12-6-33)49(58,59)69-41-20-16-39(17-21-41)65-28-2-26-47(53,54)55/h3-24,29,34H,1-2,25-28,30-31,60-61H2. The molecule has 5 aromatic rings. The molecule has 0 aromatic heterocycles. The number of ether oxygens (including phenoxy) is 6. The summed E-state index contributed by atoms with van der Waals surface area (Å²) in [5.74, 6) is -2.58. The molecular weight excluding hydrogens is 935 g/mol. The quantitative estimate of drug-likeness (QED) is 0.0214. The van der Waals surface area contributed by atoms with Crippen LogP contribution in [0.3, 0.4) is 0 Å². The van der Waals surface area contributed by atoms with Crippen LogP contribution in [0, 0.1) is 0 Å². The van der Waals surface area contributed by atoms with Crippen LogP contribution < -0.4 is 30.4 Å². The minimum absolute atomic E-state index is 0.176. The average Bonchev–Trinajstić information content (AvgIpc) is 3.28. The lowest BCUT2D eigenvalue weighted by molar-refractivity contribution is -0.186. The van der Waals surface area contributed by atoms with E-state index in [4.69, 9.17) is 39.9 Å². The maximum atomic E-state index is 15.0. The van der Waals surface area contributed by atoms with Crippen LogP contribution in [0.4, 0.5) is 55.3 Å². The van der Waals surface area contributed by atoms with E-state index in [1.165, 1.54) is 91.0 Å². The minimum Gasteiger partial charge on any atom is -0.494 e. The van der Waals surface area contributed by atoms with Gasteiger partial charge in [0.1, 0.15) is 36.2 Å². The van der Waals surface area contributed by atoms with Crippen molar-refractivity contribution in [2.24, 2.45) is 0 Å². The van der Waals surface area contributed by atoms with Gasteiger partial charge in [-0.25, -0.2) is 9.59 Å². The predicted octanol–water partition coefficient (Wildman–Crippen LogP) is 12.1. The van der Waals surface area contributed by atoms with Gasteiger partial charge in [-0.05, 0) is 127 Å². The van der Waals surface area contributed by atoms with Gasteiger partial charge in [0.25, 0.3) is 0 Å². The molecule has 0 radical (unpaired) electrons. The normalized spacial score (nSPS) is 12.7. The molecule has 368 valence electrons. The lowest BCUT2D eigenvalue weighted by Gasteiger charge is -2.19. The van der Waals surface area contributed by atoms with Crippen LogP contribution in [-0.4, -0.2) is 50.7 Å². The van der Waals surface area contributed by atoms with E-state index >= 15 is 0 Å². The summed E-state index contributed by atoms with van der Waals surface area (Å²) in [6.45, 7) is -1.09. The number of carbonyl (C=O) groups excluding carboxylic acids is 2. The Kier molecular flexibility index (Phi) is 18.0. The molecule has 0 aliphatic heterocycles. The molecule has 5 rings (SSSR count). The lowest BCUT2D eigenvalue weighted by atomic mass is 9.98. The summed E-state index contributed by atoms with van der Waals surface area (Å²) in [5, 5.41) is 0. The third-order valence-electron chi connectivity index (χ3n) is 9.61. The summed E-state index contributed by atoms with van der Waals surface area (Å²) in [5.41, 5.74) is 12.6. The molecule has 5 aromatic carbocycles. The van der Waals surface area contributed by atoms with Gasteiger partial charge in [0.2, 0.25) is 0 Å². The van der Waals surface area contributed by atoms with E-state index in [0.29, 0.717) is 22.4 Å². The summed E-state index contributed by atoms with van der Waals surface area (Å²) in [7, 11) is 0. The summed E-state index contributed by atoms with van der Waals surface area (Å²) in [6.07, 6.45) is -14.1. The monoisotopic (exact) mass is 978 g/mol. The number of anilines is 2. The molecule has 0 heterocycles. The Hall–Kier alpha value is -7.38. The molecule has 0 saturated heterocycles. The van der Waals surface area contributed by atoms with Crippen molar-refractivity contribution in [3.05, 3.63) is 155 Å². The molecule has 0 saturated carbocycles. The van der Waals surface area contributed by atoms with E-state index in [-0.39, 0.29) is 68.0 Å².